The van der Waals surface area contributed by atoms with Crippen LogP contribution in [0, 0.1) is 0 Å². The van der Waals surface area contributed by atoms with Crippen LogP contribution in [-0.4, -0.2) is 18.6 Å². The maximum absolute atomic E-state index is 12.4. The summed E-state index contributed by atoms with van der Waals surface area (Å²) in [4.78, 5) is 0.0766. The lowest BCUT2D eigenvalue weighted by Crippen LogP contribution is -2.14. The van der Waals surface area contributed by atoms with Gasteiger partial charge >= 0.3 is 0 Å². The van der Waals surface area contributed by atoms with Crippen molar-refractivity contribution < 1.29 is 8.42 Å². The third-order valence-electron chi connectivity index (χ3n) is 2.54. The monoisotopic (exact) mass is 422 g/mol. The van der Waals surface area contributed by atoms with E-state index in [1.807, 2.05) is 6.92 Å². The highest BCUT2D eigenvalue weighted by molar-refractivity contribution is 9.11. The highest BCUT2D eigenvalue weighted by atomic mass is 79.9. The van der Waals surface area contributed by atoms with Crippen molar-refractivity contribution in [2.45, 2.75) is 18.2 Å². The normalized spacial score (nSPS) is 11.6. The molecule has 0 amide bonds. The number of aromatic amines is 1. The number of nitrogens with two attached hydrogens (primary N) is 1. The quantitative estimate of drug-likeness (QED) is 0.658. The Morgan fingerprint density at radius 1 is 1.30 bits per heavy atom. The molecule has 0 spiro atoms. The summed E-state index contributed by atoms with van der Waals surface area (Å²) in [5.74, 6) is 0.248. The molecule has 20 heavy (non-hydrogen) atoms. The number of anilines is 2. The third-order valence-corrected chi connectivity index (χ3v) is 5.77. The number of hydrogen-bond donors (Lipinski definition) is 3. The number of benzene rings is 1. The van der Waals surface area contributed by atoms with E-state index < -0.39 is 10.0 Å². The number of hydrogen-bond acceptors (Lipinski definition) is 4. The van der Waals surface area contributed by atoms with Gasteiger partial charge in [-0.15, -0.1) is 0 Å². The lowest BCUT2D eigenvalue weighted by Gasteiger charge is -2.10. The van der Waals surface area contributed by atoms with Crippen molar-refractivity contribution in [1.29, 1.82) is 0 Å². The molecular weight excluding hydrogens is 412 g/mol. The van der Waals surface area contributed by atoms with Crippen molar-refractivity contribution in [3.63, 3.8) is 0 Å². The summed E-state index contributed by atoms with van der Waals surface area (Å²) in [5, 5.41) is 6.65. The Balaban J connectivity index is 2.40. The molecule has 6 nitrogen and oxygen atoms in total. The van der Waals surface area contributed by atoms with Crippen molar-refractivity contribution in [3.05, 3.63) is 32.8 Å². The molecule has 2 rings (SSSR count). The van der Waals surface area contributed by atoms with Gasteiger partial charge in [-0.1, -0.05) is 6.92 Å². The molecule has 0 aliphatic carbocycles. The van der Waals surface area contributed by atoms with Crippen molar-refractivity contribution in [2.75, 3.05) is 10.5 Å². The van der Waals surface area contributed by atoms with Gasteiger partial charge in [0.1, 0.15) is 4.90 Å². The van der Waals surface area contributed by atoms with E-state index in [4.69, 9.17) is 5.73 Å². The lowest BCUT2D eigenvalue weighted by molar-refractivity contribution is 0.600. The standard InChI is InChI=1S/C11H12Br2N4O2S/c1-2-7-5-10(16-15-7)17-20(18,19)11-8(12)3-6(14)4-9(11)13/h3-5H,2,14H2,1H3,(H2,15,16,17). The summed E-state index contributed by atoms with van der Waals surface area (Å²) in [6.45, 7) is 1.94. The predicted molar refractivity (Wildman–Crippen MR) is 85.0 cm³/mol. The number of nitrogen functional groups attached to an aromatic ring is 1. The zero-order valence-electron chi connectivity index (χ0n) is 10.4. The van der Waals surface area contributed by atoms with Gasteiger partial charge in [0.25, 0.3) is 10.0 Å². The average molecular weight is 424 g/mol. The molecule has 2 aromatic rings. The topological polar surface area (TPSA) is 101 Å². The summed E-state index contributed by atoms with van der Waals surface area (Å²) in [7, 11) is -3.77. The van der Waals surface area contributed by atoms with Gasteiger partial charge in [-0.3, -0.25) is 9.82 Å². The molecule has 0 fully saturated rings. The van der Waals surface area contributed by atoms with E-state index in [0.717, 1.165) is 12.1 Å². The maximum atomic E-state index is 12.4. The van der Waals surface area contributed by atoms with Crippen LogP contribution in [0.25, 0.3) is 0 Å². The van der Waals surface area contributed by atoms with Crippen molar-refractivity contribution >= 4 is 53.4 Å². The van der Waals surface area contributed by atoms with Gasteiger partial charge < -0.3 is 5.73 Å². The van der Waals surface area contributed by atoms with E-state index in [1.165, 1.54) is 12.1 Å². The van der Waals surface area contributed by atoms with Crippen LogP contribution >= 0.6 is 31.9 Å². The second-order valence-electron chi connectivity index (χ2n) is 4.05. The molecule has 0 aliphatic heterocycles. The molecule has 4 N–H and O–H groups in total. The Kier molecular flexibility index (Phi) is 4.40. The summed E-state index contributed by atoms with van der Waals surface area (Å²) >= 11 is 6.42. The molecular formula is C11H12Br2N4O2S. The van der Waals surface area contributed by atoms with Crippen LogP contribution in [0.1, 0.15) is 12.6 Å². The van der Waals surface area contributed by atoms with E-state index in [9.17, 15) is 8.42 Å². The summed E-state index contributed by atoms with van der Waals surface area (Å²) < 4.78 is 27.9. The number of sulfonamides is 1. The first kappa shape index (κ1) is 15.3. The zero-order chi connectivity index (χ0) is 14.9. The molecule has 9 heteroatoms. The number of aromatic nitrogens is 2. The SMILES string of the molecule is CCc1cc(NS(=O)(=O)c2c(Br)cc(N)cc2Br)n[nH]1. The first-order valence-electron chi connectivity index (χ1n) is 5.65. The Bertz CT molecular complexity index is 720. The molecule has 0 saturated carbocycles. The summed E-state index contributed by atoms with van der Waals surface area (Å²) in [6, 6.07) is 4.71. The fourth-order valence-electron chi connectivity index (χ4n) is 1.62. The molecule has 0 unspecified atom stereocenters. The first-order valence-corrected chi connectivity index (χ1v) is 8.72. The van der Waals surface area contributed by atoms with Gasteiger partial charge in [0.05, 0.1) is 0 Å². The van der Waals surface area contributed by atoms with Crippen LogP contribution in [-0.2, 0) is 16.4 Å². The van der Waals surface area contributed by atoms with E-state index >= 15 is 0 Å². The summed E-state index contributed by atoms with van der Waals surface area (Å²) in [6.07, 6.45) is 0.740. The minimum Gasteiger partial charge on any atom is -0.399 e. The highest BCUT2D eigenvalue weighted by Gasteiger charge is 2.22. The Hall–Kier alpha value is -1.06. The molecule has 0 saturated heterocycles. The minimum atomic E-state index is -3.77. The van der Waals surface area contributed by atoms with E-state index in [0.29, 0.717) is 14.6 Å². The minimum absolute atomic E-state index is 0.0766. The van der Waals surface area contributed by atoms with Gasteiger partial charge in [-0.25, -0.2) is 8.42 Å². The van der Waals surface area contributed by atoms with Crippen molar-refractivity contribution in [1.82, 2.24) is 10.2 Å². The number of halogens is 2. The van der Waals surface area contributed by atoms with Gasteiger partial charge in [-0.05, 0) is 50.4 Å². The second-order valence-corrected chi connectivity index (χ2v) is 7.38. The first-order chi connectivity index (χ1) is 9.33. The van der Waals surface area contributed by atoms with Gasteiger partial charge in [0.2, 0.25) is 0 Å². The van der Waals surface area contributed by atoms with E-state index in [-0.39, 0.29) is 10.7 Å². The fourth-order valence-corrected chi connectivity index (χ4v) is 5.23. The van der Waals surface area contributed by atoms with E-state index in [1.54, 1.807) is 6.07 Å². The van der Waals surface area contributed by atoms with Gasteiger partial charge in [0.15, 0.2) is 5.82 Å². The van der Waals surface area contributed by atoms with Crippen molar-refractivity contribution in [3.8, 4) is 0 Å². The molecule has 1 heterocycles. The number of aryl methyl sites for hydroxylation is 1. The van der Waals surface area contributed by atoms with Crippen molar-refractivity contribution in [2.24, 2.45) is 0 Å². The van der Waals surface area contributed by atoms with Crippen LogP contribution in [0.2, 0.25) is 0 Å². The zero-order valence-corrected chi connectivity index (χ0v) is 14.4. The molecule has 0 radical (unpaired) electrons. The second kappa shape index (κ2) is 5.74. The lowest BCUT2D eigenvalue weighted by atomic mass is 10.3. The molecule has 1 aromatic carbocycles. The van der Waals surface area contributed by atoms with Crippen LogP contribution in [0.3, 0.4) is 0 Å². The summed E-state index contributed by atoms with van der Waals surface area (Å²) in [5.41, 5.74) is 6.95. The molecule has 0 atom stereocenters. The Morgan fingerprint density at radius 2 is 1.90 bits per heavy atom. The van der Waals surface area contributed by atoms with Crippen LogP contribution in [0.4, 0.5) is 11.5 Å². The number of nitrogens with zero attached hydrogens (tertiary/aromatic N) is 1. The maximum Gasteiger partial charge on any atom is 0.265 e. The van der Waals surface area contributed by atoms with Crippen LogP contribution < -0.4 is 10.5 Å². The number of rotatable bonds is 4. The van der Waals surface area contributed by atoms with E-state index in [2.05, 4.69) is 46.8 Å². The number of nitrogens with one attached hydrogen (secondary N) is 2. The molecule has 0 aliphatic rings. The number of H-pyrrole nitrogens is 1. The van der Waals surface area contributed by atoms with Crippen LogP contribution in [0.5, 0.6) is 0 Å². The van der Waals surface area contributed by atoms with Gasteiger partial charge in [-0.2, -0.15) is 5.10 Å². The van der Waals surface area contributed by atoms with Gasteiger partial charge in [0, 0.05) is 26.4 Å². The van der Waals surface area contributed by atoms with Crippen LogP contribution in [0.15, 0.2) is 32.0 Å². The largest absolute Gasteiger partial charge is 0.399 e. The average Bonchev–Trinajstić information content (AvgIpc) is 2.73. The fraction of sp³-hybridized carbons (Fsp3) is 0.182. The Labute approximate surface area is 133 Å². The Morgan fingerprint density at radius 3 is 2.40 bits per heavy atom. The molecule has 1 aromatic heterocycles. The highest BCUT2D eigenvalue weighted by Crippen LogP contribution is 2.33. The predicted octanol–water partition coefficient (Wildman–Crippen LogP) is 2.88. The third kappa shape index (κ3) is 3.15. The smallest absolute Gasteiger partial charge is 0.265 e. The molecule has 0 bridgehead atoms. The molecule has 108 valence electrons.